The van der Waals surface area contributed by atoms with Crippen molar-refractivity contribution in [3.05, 3.63) is 24.0 Å². The lowest BCUT2D eigenvalue weighted by molar-refractivity contribution is -0.116. The molecule has 2 rings (SSSR count). The maximum atomic E-state index is 11.8. The highest BCUT2D eigenvalue weighted by Gasteiger charge is 2.31. The molecule has 1 saturated heterocycles. The zero-order valence-corrected chi connectivity index (χ0v) is 12.0. The van der Waals surface area contributed by atoms with E-state index in [0.29, 0.717) is 6.54 Å². The molecule has 1 aliphatic rings. The molecule has 0 aromatic carbocycles. The third-order valence-corrected chi connectivity index (χ3v) is 3.56. The van der Waals surface area contributed by atoms with E-state index in [2.05, 4.69) is 34.2 Å². The predicted molar refractivity (Wildman–Crippen MR) is 78.7 cm³/mol. The van der Waals surface area contributed by atoms with Crippen molar-refractivity contribution in [1.82, 2.24) is 20.2 Å². The summed E-state index contributed by atoms with van der Waals surface area (Å²) < 4.78 is 0. The van der Waals surface area contributed by atoms with E-state index in [1.54, 1.807) is 18.5 Å². The van der Waals surface area contributed by atoms with Crippen molar-refractivity contribution in [3.8, 4) is 0 Å². The Balaban J connectivity index is 1.82. The monoisotopic (exact) mass is 275 g/mol. The lowest BCUT2D eigenvalue weighted by atomic mass is 9.90. The Morgan fingerprint density at radius 3 is 2.85 bits per heavy atom. The van der Waals surface area contributed by atoms with Crippen LogP contribution in [0.4, 0.5) is 5.95 Å². The molecule has 1 atom stereocenters. The van der Waals surface area contributed by atoms with Crippen LogP contribution in [0.5, 0.6) is 0 Å². The summed E-state index contributed by atoms with van der Waals surface area (Å²) >= 11 is 0. The molecule has 1 aromatic rings. The smallest absolute Gasteiger partial charge is 0.244 e. The molecular weight excluding hydrogens is 254 g/mol. The lowest BCUT2D eigenvalue weighted by Crippen LogP contribution is -2.36. The Hall–Kier alpha value is -1.95. The second-order valence-corrected chi connectivity index (χ2v) is 5.72. The zero-order valence-electron chi connectivity index (χ0n) is 12.0. The summed E-state index contributed by atoms with van der Waals surface area (Å²) in [6.45, 7) is 5.00. The van der Waals surface area contributed by atoms with Crippen molar-refractivity contribution in [2.75, 3.05) is 32.4 Å². The molecular formula is C14H21N5O. The van der Waals surface area contributed by atoms with Gasteiger partial charge in [-0.2, -0.15) is 0 Å². The summed E-state index contributed by atoms with van der Waals surface area (Å²) in [5, 5.41) is 2.95. The van der Waals surface area contributed by atoms with Crippen LogP contribution in [0.3, 0.4) is 0 Å². The standard InChI is InChI=1S/C14H21N5O/c1-14(5-6-19(2)10-14)9-18-12(20)4-3-11-7-16-13(15)17-8-11/h3-4,7-8H,5-6,9-10H2,1-2H3,(H,18,20)(H2,15,16,17). The maximum absolute atomic E-state index is 11.8. The van der Waals surface area contributed by atoms with E-state index in [-0.39, 0.29) is 17.3 Å². The van der Waals surface area contributed by atoms with Crippen LogP contribution in [0.2, 0.25) is 0 Å². The molecule has 1 aliphatic heterocycles. The minimum absolute atomic E-state index is 0.0994. The molecule has 1 fully saturated rings. The number of hydrogen-bond donors (Lipinski definition) is 2. The highest BCUT2D eigenvalue weighted by Crippen LogP contribution is 2.27. The normalized spacial score (nSPS) is 23.3. The zero-order chi connectivity index (χ0) is 14.6. The first kappa shape index (κ1) is 14.5. The van der Waals surface area contributed by atoms with Gasteiger partial charge in [0.1, 0.15) is 0 Å². The molecule has 0 saturated carbocycles. The van der Waals surface area contributed by atoms with E-state index < -0.39 is 0 Å². The van der Waals surface area contributed by atoms with Crippen LogP contribution in [0.15, 0.2) is 18.5 Å². The van der Waals surface area contributed by atoms with E-state index >= 15 is 0 Å². The highest BCUT2D eigenvalue weighted by atomic mass is 16.1. The fourth-order valence-electron chi connectivity index (χ4n) is 2.38. The van der Waals surface area contributed by atoms with Gasteiger partial charge in [0.25, 0.3) is 0 Å². The van der Waals surface area contributed by atoms with Gasteiger partial charge >= 0.3 is 0 Å². The first-order chi connectivity index (χ1) is 9.47. The third-order valence-electron chi connectivity index (χ3n) is 3.56. The fraction of sp³-hybridized carbons (Fsp3) is 0.500. The number of nitrogen functional groups attached to an aromatic ring is 1. The number of nitrogens with one attached hydrogen (secondary N) is 1. The molecule has 0 spiro atoms. The number of carbonyl (C=O) groups excluding carboxylic acids is 1. The van der Waals surface area contributed by atoms with Crippen LogP contribution >= 0.6 is 0 Å². The topological polar surface area (TPSA) is 84.1 Å². The van der Waals surface area contributed by atoms with Crippen LogP contribution in [-0.4, -0.2) is 47.5 Å². The number of rotatable bonds is 4. The van der Waals surface area contributed by atoms with E-state index in [9.17, 15) is 4.79 Å². The molecule has 20 heavy (non-hydrogen) atoms. The van der Waals surface area contributed by atoms with Gasteiger partial charge in [-0.3, -0.25) is 4.79 Å². The molecule has 0 bridgehead atoms. The Kier molecular flexibility index (Phi) is 4.34. The molecule has 6 nitrogen and oxygen atoms in total. The number of nitrogens with zero attached hydrogens (tertiary/aromatic N) is 3. The Morgan fingerprint density at radius 1 is 1.55 bits per heavy atom. The molecule has 0 radical (unpaired) electrons. The van der Waals surface area contributed by atoms with E-state index in [4.69, 9.17) is 5.73 Å². The molecule has 3 N–H and O–H groups in total. The van der Waals surface area contributed by atoms with Gasteiger partial charge in [0.15, 0.2) is 0 Å². The first-order valence-corrected chi connectivity index (χ1v) is 6.69. The molecule has 1 unspecified atom stereocenters. The number of anilines is 1. The largest absolute Gasteiger partial charge is 0.368 e. The van der Waals surface area contributed by atoms with Gasteiger partial charge in [-0.05, 0) is 31.5 Å². The molecule has 1 aromatic heterocycles. The summed E-state index contributed by atoms with van der Waals surface area (Å²) in [4.78, 5) is 21.8. The Bertz CT molecular complexity index is 499. The third kappa shape index (κ3) is 4.03. The summed E-state index contributed by atoms with van der Waals surface area (Å²) in [7, 11) is 2.11. The second-order valence-electron chi connectivity index (χ2n) is 5.72. The highest BCUT2D eigenvalue weighted by molar-refractivity contribution is 5.91. The molecule has 2 heterocycles. The van der Waals surface area contributed by atoms with Gasteiger partial charge in [0, 0.05) is 37.1 Å². The molecule has 0 aliphatic carbocycles. The minimum atomic E-state index is -0.0994. The number of likely N-dealkylation sites (tertiary alicyclic amines) is 1. The fourth-order valence-corrected chi connectivity index (χ4v) is 2.38. The van der Waals surface area contributed by atoms with Crippen LogP contribution in [0.1, 0.15) is 18.9 Å². The summed E-state index contributed by atoms with van der Waals surface area (Å²) in [6.07, 6.45) is 7.45. The quantitative estimate of drug-likeness (QED) is 0.783. The van der Waals surface area contributed by atoms with Gasteiger partial charge in [0.2, 0.25) is 11.9 Å². The van der Waals surface area contributed by atoms with Crippen molar-refractivity contribution in [3.63, 3.8) is 0 Å². The van der Waals surface area contributed by atoms with Gasteiger partial charge in [0.05, 0.1) is 0 Å². The molecule has 6 heteroatoms. The minimum Gasteiger partial charge on any atom is -0.368 e. The van der Waals surface area contributed by atoms with Gasteiger partial charge < -0.3 is 16.0 Å². The lowest BCUT2D eigenvalue weighted by Gasteiger charge is -2.23. The SMILES string of the molecule is CN1CCC(C)(CNC(=O)C=Cc2cnc(N)nc2)C1. The molecule has 1 amide bonds. The first-order valence-electron chi connectivity index (χ1n) is 6.69. The van der Waals surface area contributed by atoms with E-state index in [1.165, 1.54) is 6.08 Å². The number of amides is 1. The van der Waals surface area contributed by atoms with Crippen molar-refractivity contribution < 1.29 is 4.79 Å². The van der Waals surface area contributed by atoms with Crippen molar-refractivity contribution in [2.24, 2.45) is 5.41 Å². The Labute approximate surface area is 119 Å². The van der Waals surface area contributed by atoms with Crippen molar-refractivity contribution >= 4 is 17.9 Å². The van der Waals surface area contributed by atoms with Crippen molar-refractivity contribution in [2.45, 2.75) is 13.3 Å². The van der Waals surface area contributed by atoms with E-state index in [0.717, 1.165) is 25.1 Å². The van der Waals surface area contributed by atoms with Crippen LogP contribution in [-0.2, 0) is 4.79 Å². The summed E-state index contributed by atoms with van der Waals surface area (Å²) in [6, 6.07) is 0. The molecule has 108 valence electrons. The predicted octanol–water partition coefficient (Wildman–Crippen LogP) is 0.530. The van der Waals surface area contributed by atoms with Gasteiger partial charge in [-0.25, -0.2) is 9.97 Å². The summed E-state index contributed by atoms with van der Waals surface area (Å²) in [5.41, 5.74) is 6.32. The summed E-state index contributed by atoms with van der Waals surface area (Å²) in [5.74, 6) is 0.127. The van der Waals surface area contributed by atoms with Gasteiger partial charge in [-0.15, -0.1) is 0 Å². The Morgan fingerprint density at radius 2 is 2.25 bits per heavy atom. The number of hydrogen-bond acceptors (Lipinski definition) is 5. The maximum Gasteiger partial charge on any atom is 0.244 e. The number of carbonyl (C=O) groups is 1. The van der Waals surface area contributed by atoms with Crippen LogP contribution < -0.4 is 11.1 Å². The van der Waals surface area contributed by atoms with Crippen molar-refractivity contribution in [1.29, 1.82) is 0 Å². The van der Waals surface area contributed by atoms with E-state index in [1.807, 2.05) is 0 Å². The number of aromatic nitrogens is 2. The van der Waals surface area contributed by atoms with Crippen LogP contribution in [0.25, 0.3) is 6.08 Å². The van der Waals surface area contributed by atoms with Crippen LogP contribution in [0, 0.1) is 5.41 Å². The average molecular weight is 275 g/mol. The average Bonchev–Trinajstić information content (AvgIpc) is 2.76. The second kappa shape index (κ2) is 6.00. The number of nitrogens with two attached hydrogens (primary N) is 1. The van der Waals surface area contributed by atoms with Gasteiger partial charge in [-0.1, -0.05) is 6.92 Å².